The third-order valence-electron chi connectivity index (χ3n) is 3.52. The first-order chi connectivity index (χ1) is 8.16. The molecular weight excluding hydrogens is 224 g/mol. The molecule has 0 amide bonds. The van der Waals surface area contributed by atoms with Crippen molar-refractivity contribution in [1.82, 2.24) is 14.9 Å². The van der Waals surface area contributed by atoms with Crippen LogP contribution in [0, 0.1) is 5.92 Å². The monoisotopic (exact) mass is 243 g/mol. The van der Waals surface area contributed by atoms with E-state index in [-0.39, 0.29) is 0 Å². The zero-order valence-corrected chi connectivity index (χ0v) is 10.1. The Morgan fingerprint density at radius 2 is 2.12 bits per heavy atom. The van der Waals surface area contributed by atoms with Gasteiger partial charge in [-0.15, -0.1) is 0 Å². The van der Waals surface area contributed by atoms with Crippen molar-refractivity contribution in [1.29, 1.82) is 0 Å². The maximum absolute atomic E-state index is 12.6. The van der Waals surface area contributed by atoms with Gasteiger partial charge in [-0.05, 0) is 31.6 Å². The zero-order valence-electron chi connectivity index (χ0n) is 10.1. The van der Waals surface area contributed by atoms with E-state index in [4.69, 9.17) is 0 Å². The number of nitrogens with one attached hydrogen (secondary N) is 1. The second kappa shape index (κ2) is 5.58. The van der Waals surface area contributed by atoms with Gasteiger partial charge in [-0.2, -0.15) is 8.78 Å². The van der Waals surface area contributed by atoms with Crippen LogP contribution < -0.4 is 5.32 Å². The maximum atomic E-state index is 12.6. The van der Waals surface area contributed by atoms with E-state index in [0.29, 0.717) is 18.4 Å². The van der Waals surface area contributed by atoms with Crippen molar-refractivity contribution in [2.75, 3.05) is 0 Å². The van der Waals surface area contributed by atoms with E-state index < -0.39 is 6.55 Å². The lowest BCUT2D eigenvalue weighted by molar-refractivity contribution is 0.0663. The van der Waals surface area contributed by atoms with Crippen molar-refractivity contribution in [3.8, 4) is 0 Å². The summed E-state index contributed by atoms with van der Waals surface area (Å²) < 4.78 is 26.1. The van der Waals surface area contributed by atoms with Crippen molar-refractivity contribution in [2.45, 2.75) is 51.7 Å². The molecule has 1 N–H and O–H groups in total. The highest BCUT2D eigenvalue weighted by Gasteiger charge is 2.18. The summed E-state index contributed by atoms with van der Waals surface area (Å²) in [4.78, 5) is 3.96. The standard InChI is InChI=1S/C12H19F2N3/c1-9-2-4-10(5-3-9)16-8-11-15-6-7-17(11)12(13)14/h6-7,9-10,12,16H,2-5,8H2,1H3. The minimum absolute atomic E-state index is 0.415. The van der Waals surface area contributed by atoms with Gasteiger partial charge in [-0.1, -0.05) is 6.92 Å². The molecule has 17 heavy (non-hydrogen) atoms. The van der Waals surface area contributed by atoms with Crippen molar-refractivity contribution in [2.24, 2.45) is 5.92 Å². The Balaban J connectivity index is 1.83. The Labute approximate surface area is 100 Å². The van der Waals surface area contributed by atoms with Gasteiger partial charge < -0.3 is 5.32 Å². The van der Waals surface area contributed by atoms with E-state index in [1.807, 2.05) is 0 Å². The van der Waals surface area contributed by atoms with Gasteiger partial charge >= 0.3 is 6.55 Å². The summed E-state index contributed by atoms with van der Waals surface area (Å²) in [5.41, 5.74) is 0. The van der Waals surface area contributed by atoms with Crippen LogP contribution in [-0.4, -0.2) is 15.6 Å². The van der Waals surface area contributed by atoms with E-state index in [0.717, 1.165) is 23.3 Å². The number of alkyl halides is 2. The molecule has 5 heteroatoms. The molecule has 0 atom stereocenters. The Morgan fingerprint density at radius 1 is 1.41 bits per heavy atom. The molecule has 1 saturated carbocycles. The molecule has 2 rings (SSSR count). The Kier molecular flexibility index (Phi) is 4.10. The molecule has 0 unspecified atom stereocenters. The minimum Gasteiger partial charge on any atom is -0.307 e. The molecule has 0 spiro atoms. The molecule has 1 aliphatic carbocycles. The van der Waals surface area contributed by atoms with Crippen LogP contribution in [0.25, 0.3) is 0 Å². The maximum Gasteiger partial charge on any atom is 0.319 e. The van der Waals surface area contributed by atoms with Crippen LogP contribution in [0.3, 0.4) is 0 Å². The van der Waals surface area contributed by atoms with E-state index in [1.54, 1.807) is 0 Å². The number of aromatic nitrogens is 2. The molecule has 0 saturated heterocycles. The molecule has 0 aromatic carbocycles. The Hall–Kier alpha value is -0.970. The highest BCUT2D eigenvalue weighted by Crippen LogP contribution is 2.23. The summed E-state index contributed by atoms with van der Waals surface area (Å²) in [7, 11) is 0. The first-order valence-electron chi connectivity index (χ1n) is 6.20. The van der Waals surface area contributed by atoms with Crippen molar-refractivity contribution in [3.05, 3.63) is 18.2 Å². The lowest BCUT2D eigenvalue weighted by atomic mass is 9.87. The van der Waals surface area contributed by atoms with Crippen molar-refractivity contribution < 1.29 is 8.78 Å². The third kappa shape index (κ3) is 3.25. The molecule has 1 aromatic rings. The highest BCUT2D eigenvalue weighted by atomic mass is 19.3. The largest absolute Gasteiger partial charge is 0.319 e. The summed E-state index contributed by atoms with van der Waals surface area (Å²) in [6.07, 6.45) is 7.46. The summed E-state index contributed by atoms with van der Waals surface area (Å²) in [5, 5.41) is 3.32. The molecular formula is C12H19F2N3. The van der Waals surface area contributed by atoms with Crippen molar-refractivity contribution in [3.63, 3.8) is 0 Å². The van der Waals surface area contributed by atoms with Gasteiger partial charge in [0.25, 0.3) is 0 Å². The van der Waals surface area contributed by atoms with Gasteiger partial charge in [0.2, 0.25) is 0 Å². The van der Waals surface area contributed by atoms with Crippen LogP contribution in [0.1, 0.15) is 45.0 Å². The van der Waals surface area contributed by atoms with Crippen LogP contribution in [0.15, 0.2) is 12.4 Å². The van der Waals surface area contributed by atoms with E-state index in [1.165, 1.54) is 25.2 Å². The smallest absolute Gasteiger partial charge is 0.307 e. The SMILES string of the molecule is CC1CCC(NCc2nccn2C(F)F)CC1. The number of rotatable bonds is 4. The third-order valence-corrected chi connectivity index (χ3v) is 3.52. The van der Waals surface area contributed by atoms with Crippen LogP contribution in [0.4, 0.5) is 8.78 Å². The molecule has 0 radical (unpaired) electrons. The molecule has 3 nitrogen and oxygen atoms in total. The van der Waals surface area contributed by atoms with E-state index in [9.17, 15) is 8.78 Å². The molecule has 1 aromatic heterocycles. The molecule has 1 aliphatic rings. The highest BCUT2D eigenvalue weighted by molar-refractivity contribution is 4.93. The lowest BCUT2D eigenvalue weighted by Gasteiger charge is -2.26. The Morgan fingerprint density at radius 3 is 2.76 bits per heavy atom. The van der Waals surface area contributed by atoms with Gasteiger partial charge in [-0.25, -0.2) is 4.98 Å². The predicted molar refractivity (Wildman–Crippen MR) is 61.7 cm³/mol. The molecule has 0 aliphatic heterocycles. The zero-order chi connectivity index (χ0) is 12.3. The van der Waals surface area contributed by atoms with Gasteiger partial charge in [0, 0.05) is 18.4 Å². The van der Waals surface area contributed by atoms with Crippen molar-refractivity contribution >= 4 is 0 Å². The van der Waals surface area contributed by atoms with Gasteiger partial charge in [0.1, 0.15) is 5.82 Å². The summed E-state index contributed by atoms with van der Waals surface area (Å²) in [5.74, 6) is 1.22. The Bertz CT molecular complexity index is 343. The van der Waals surface area contributed by atoms with Crippen LogP contribution in [0.5, 0.6) is 0 Å². The number of nitrogens with zero attached hydrogens (tertiary/aromatic N) is 2. The van der Waals surface area contributed by atoms with Crippen LogP contribution in [-0.2, 0) is 6.54 Å². The number of imidazole rings is 1. The average Bonchev–Trinajstić information content (AvgIpc) is 2.76. The minimum atomic E-state index is -2.50. The molecule has 1 heterocycles. The number of hydrogen-bond donors (Lipinski definition) is 1. The first kappa shape index (κ1) is 12.5. The van der Waals surface area contributed by atoms with Gasteiger partial charge in [0.15, 0.2) is 0 Å². The summed E-state index contributed by atoms with van der Waals surface area (Å²) in [6.45, 7) is 0.191. The normalized spacial score (nSPS) is 25.4. The fraction of sp³-hybridized carbons (Fsp3) is 0.750. The quantitative estimate of drug-likeness (QED) is 0.881. The second-order valence-corrected chi connectivity index (χ2v) is 4.87. The number of halogens is 2. The van der Waals surface area contributed by atoms with Gasteiger partial charge in [0.05, 0.1) is 6.54 Å². The second-order valence-electron chi connectivity index (χ2n) is 4.87. The topological polar surface area (TPSA) is 29.9 Å². The van der Waals surface area contributed by atoms with E-state index >= 15 is 0 Å². The molecule has 0 bridgehead atoms. The average molecular weight is 243 g/mol. The molecule has 1 fully saturated rings. The van der Waals surface area contributed by atoms with Gasteiger partial charge in [-0.3, -0.25) is 4.57 Å². The predicted octanol–water partition coefficient (Wildman–Crippen LogP) is 2.95. The summed E-state index contributed by atoms with van der Waals surface area (Å²) >= 11 is 0. The fourth-order valence-electron chi connectivity index (χ4n) is 2.36. The van der Waals surface area contributed by atoms with Crippen LogP contribution in [0.2, 0.25) is 0 Å². The fourth-order valence-corrected chi connectivity index (χ4v) is 2.36. The lowest BCUT2D eigenvalue weighted by Crippen LogP contribution is -2.33. The number of hydrogen-bond acceptors (Lipinski definition) is 2. The van der Waals surface area contributed by atoms with E-state index in [2.05, 4.69) is 17.2 Å². The summed E-state index contributed by atoms with van der Waals surface area (Å²) in [6, 6.07) is 0.453. The molecule has 96 valence electrons. The first-order valence-corrected chi connectivity index (χ1v) is 6.20. The van der Waals surface area contributed by atoms with Crippen LogP contribution >= 0.6 is 0 Å².